The normalized spacial score (nSPS) is 18.4. The van der Waals surface area contributed by atoms with E-state index in [-0.39, 0.29) is 110 Å². The van der Waals surface area contributed by atoms with Crippen molar-refractivity contribution >= 4 is 57.1 Å². The number of alkyl halides is 6. The molecule has 8 aromatic carbocycles. The maximum Gasteiger partial charge on any atom is 0.416 e. The number of fused-ring (bicyclic) bond motifs is 2. The number of carbonyl (C=O) groups is 2. The minimum Gasteiger partial charge on any atom is -0.383 e. The van der Waals surface area contributed by atoms with Gasteiger partial charge in [0.15, 0.2) is 34.1 Å². The first-order chi connectivity index (χ1) is 60.2. The molecule has 2 fully saturated rings. The lowest BCUT2D eigenvalue weighted by molar-refractivity contribution is -0.138. The number of hydrogen-bond donors (Lipinski definition) is 0. The third kappa shape index (κ3) is 19.6. The highest BCUT2D eigenvalue weighted by atomic mass is 32.2. The quantitative estimate of drug-likeness (QED) is 0.0428. The van der Waals surface area contributed by atoms with Gasteiger partial charge in [-0.2, -0.15) is 26.3 Å². The molecule has 2 aliphatic rings. The molecule has 2 saturated heterocycles. The Balaban J connectivity index is 0.000000251. The van der Waals surface area contributed by atoms with Crippen molar-refractivity contribution in [1.82, 2.24) is 28.7 Å². The Morgan fingerprint density at radius 2 is 0.896 bits per heavy atom. The molecule has 0 spiro atoms. The zero-order valence-electron chi connectivity index (χ0n) is 80.3. The van der Waals surface area contributed by atoms with E-state index in [4.69, 9.17) is 32.9 Å². The number of pyridine rings is 2. The third-order valence-corrected chi connectivity index (χ3v) is 19.5. The number of hydrogen-bond acceptors (Lipinski definition) is 10. The SMILES string of the molecule is [2H]c1c(C)c([2H])c2c(=O)c([2H])c(SC([2H])([2H])c3cccc(F)c3F)n(CC(=O)N(Cc3ccc(-c4ccc(C(F)(F)F)cc4)cc3)C3CCN(C([2H])([2H])C([2H])([2H])OC([2H])([2H])[2H])CC3)c2c1[2H].[2H]c1c(C)c([2H])c2c(=O)c([2H])c(SCc3cccc(F)c3F)n(CC(=O)N(Cc3ccc(-c4ccc(C(F)(F)F)cc4)cc3)C3CCN(C([2H])([2H])C([2H])([2H])OC([2H])([2H])[2H])CC3)c2c1[2H]. The van der Waals surface area contributed by atoms with Crippen LogP contribution < -0.4 is 10.9 Å². The van der Waals surface area contributed by atoms with Gasteiger partial charge in [-0.1, -0.05) is 120 Å². The molecular weight excluding hydrogens is 1420 g/mol. The number of amides is 2. The molecule has 10 aromatic rings. The average molecular weight is 1520 g/mol. The highest BCUT2D eigenvalue weighted by Gasteiger charge is 2.34. The first-order valence-corrected chi connectivity index (χ1v) is 34.5. The number of ether oxygens (including phenoxy) is 2. The minimum absolute atomic E-state index is 0.00439. The second kappa shape index (κ2) is 35.1. The summed E-state index contributed by atoms with van der Waals surface area (Å²) in [5.41, 5.74) is -5.76. The highest BCUT2D eigenvalue weighted by molar-refractivity contribution is 7.98. The zero-order valence-corrected chi connectivity index (χ0v) is 57.9. The van der Waals surface area contributed by atoms with E-state index in [2.05, 4.69) is 9.47 Å². The van der Waals surface area contributed by atoms with E-state index in [0.29, 0.717) is 45.1 Å². The summed E-state index contributed by atoms with van der Waals surface area (Å²) in [4.78, 5) is 62.3. The van der Waals surface area contributed by atoms with Crippen LogP contribution in [0.25, 0.3) is 44.1 Å². The molecular formula is C82H80F10N6O6S2. The van der Waals surface area contributed by atoms with E-state index in [1.807, 2.05) is 0 Å². The number of carbonyl (C=O) groups excluding carboxylic acids is 2. The molecule has 0 radical (unpaired) electrons. The lowest BCUT2D eigenvalue weighted by atomic mass is 10.00. The van der Waals surface area contributed by atoms with E-state index < -0.39 is 216 Å². The number of piperidine rings is 2. The number of thioether (sulfide) groups is 2. The second-order valence-electron chi connectivity index (χ2n) is 24.6. The van der Waals surface area contributed by atoms with Crippen LogP contribution in [-0.4, -0.2) is 119 Å². The molecule has 2 aromatic heterocycles. The molecule has 12 nitrogen and oxygen atoms in total. The fourth-order valence-electron chi connectivity index (χ4n) is 12.1. The smallest absolute Gasteiger partial charge is 0.383 e. The highest BCUT2D eigenvalue weighted by Crippen LogP contribution is 2.36. The van der Waals surface area contributed by atoms with Crippen LogP contribution in [0.5, 0.6) is 0 Å². The molecule has 0 unspecified atom stereocenters. The van der Waals surface area contributed by atoms with Gasteiger partial charge in [0.1, 0.15) is 13.1 Å². The molecule has 24 heteroatoms. The van der Waals surface area contributed by atoms with Gasteiger partial charge in [0, 0.05) is 132 Å². The predicted octanol–water partition coefficient (Wildman–Crippen LogP) is 17.4. The lowest BCUT2D eigenvalue weighted by Gasteiger charge is -2.39. The largest absolute Gasteiger partial charge is 0.416 e. The van der Waals surface area contributed by atoms with Crippen molar-refractivity contribution in [1.29, 1.82) is 0 Å². The van der Waals surface area contributed by atoms with Gasteiger partial charge < -0.3 is 38.2 Å². The topological polar surface area (TPSA) is 110 Å². The first-order valence-electron chi connectivity index (χ1n) is 44.7. The summed E-state index contributed by atoms with van der Waals surface area (Å²) in [6.45, 7) is -12.8. The fraction of sp³-hybridized carbons (Fsp3) is 0.317. The van der Waals surface area contributed by atoms with Gasteiger partial charge in [-0.25, -0.2) is 17.6 Å². The summed E-state index contributed by atoms with van der Waals surface area (Å²) >= 11 is 0.762. The molecule has 0 bridgehead atoms. The molecule has 0 atom stereocenters. The van der Waals surface area contributed by atoms with Gasteiger partial charge in [-0.3, -0.25) is 19.2 Å². The number of likely N-dealkylation sites (tertiary alicyclic amines) is 2. The molecule has 106 heavy (non-hydrogen) atoms. The molecule has 0 aliphatic carbocycles. The van der Waals surface area contributed by atoms with Gasteiger partial charge in [0.05, 0.1) is 70.0 Å². The zero-order chi connectivity index (χ0) is 96.3. The van der Waals surface area contributed by atoms with E-state index in [1.165, 1.54) is 60.0 Å². The summed E-state index contributed by atoms with van der Waals surface area (Å²) in [6, 6.07) is 21.6. The van der Waals surface area contributed by atoms with Crippen molar-refractivity contribution in [2.24, 2.45) is 0 Å². The molecule has 556 valence electrons. The van der Waals surface area contributed by atoms with Crippen molar-refractivity contribution in [3.05, 3.63) is 270 Å². The van der Waals surface area contributed by atoms with Crippen molar-refractivity contribution in [3.63, 3.8) is 0 Å². The Labute approximate surface area is 650 Å². The van der Waals surface area contributed by atoms with Crippen molar-refractivity contribution in [2.45, 2.75) is 112 Å². The Bertz CT molecular complexity index is 6070. The molecule has 0 N–H and O–H groups in total. The van der Waals surface area contributed by atoms with Crippen LogP contribution in [0.2, 0.25) is 0 Å². The van der Waals surface area contributed by atoms with E-state index in [9.17, 15) is 58.7 Å². The first kappa shape index (κ1) is 52.1. The Hall–Kier alpha value is -9.04. The Morgan fingerprint density at radius 1 is 0.519 bits per heavy atom. The monoisotopic (exact) mass is 1520 g/mol. The maximum absolute atomic E-state index is 15.1. The number of halogens is 10. The van der Waals surface area contributed by atoms with Crippen molar-refractivity contribution < 1.29 is 95.9 Å². The Kier molecular flexibility index (Phi) is 17.2. The lowest BCUT2D eigenvalue weighted by Crippen LogP contribution is -2.48. The minimum atomic E-state index is -4.56. The average Bonchev–Trinajstić information content (AvgIpc) is 0.728. The van der Waals surface area contributed by atoms with Crippen LogP contribution >= 0.6 is 23.5 Å². The third-order valence-electron chi connectivity index (χ3n) is 17.6. The number of aromatic nitrogens is 2. The van der Waals surface area contributed by atoms with E-state index in [1.54, 1.807) is 48.5 Å². The summed E-state index contributed by atoms with van der Waals surface area (Å²) in [7, 11) is -6.57. The van der Waals surface area contributed by atoms with Gasteiger partial charge in [0.2, 0.25) is 11.8 Å². The number of benzene rings is 8. The van der Waals surface area contributed by atoms with Crippen LogP contribution in [0.15, 0.2) is 201 Å². The summed E-state index contributed by atoms with van der Waals surface area (Å²) in [6.07, 6.45) is -9.21. The van der Waals surface area contributed by atoms with Crippen LogP contribution in [0.3, 0.4) is 0 Å². The number of rotatable bonds is 24. The van der Waals surface area contributed by atoms with E-state index in [0.717, 1.165) is 67.5 Å². The van der Waals surface area contributed by atoms with E-state index >= 15 is 4.39 Å². The van der Waals surface area contributed by atoms with Gasteiger partial charge in [-0.05, 0) is 133 Å². The summed E-state index contributed by atoms with van der Waals surface area (Å²) in [5.74, 6) is -7.19. The molecule has 2 amide bonds. The molecule has 0 saturated carbocycles. The molecule has 2 aliphatic heterocycles. The van der Waals surface area contributed by atoms with Crippen LogP contribution in [0, 0.1) is 37.1 Å². The fourth-order valence-corrected chi connectivity index (χ4v) is 13.9. The second-order valence-corrected chi connectivity index (χ2v) is 26.4. The Morgan fingerprint density at radius 3 is 1.29 bits per heavy atom. The predicted molar refractivity (Wildman–Crippen MR) is 395 cm³/mol. The van der Waals surface area contributed by atoms with Crippen LogP contribution in [0.1, 0.15) is 103 Å². The number of methoxy groups -OCH3 is 2. The summed E-state index contributed by atoms with van der Waals surface area (Å²) < 4.78 is 347. The van der Waals surface area contributed by atoms with Crippen LogP contribution in [-0.2, 0) is 69.1 Å². The standard InChI is InChI=1S/2C41H40F5N3O3S/c2*1-27-6-15-36-34(22-27)37(50)23-39(53-26-31-4-3-5-35(42)40(31)43)49(36)25-38(51)48(33-16-18-47(19-17-33)20-21-52-2)24-28-7-9-29(10-8-28)30-11-13-32(14-12-30)41(44,45)46/h2*3-15,22-23,33H,16-21,24-26H2,1-2H3/i2D3,6D,15D,20D2,21D2,22D,23D,26D2;2D3,6D,15D,20D2,21D2,22D,23D. The van der Waals surface area contributed by atoms with Gasteiger partial charge in [0.25, 0.3) is 0 Å². The maximum atomic E-state index is 15.1. The van der Waals surface area contributed by atoms with Crippen molar-refractivity contribution in [3.8, 4) is 22.3 Å². The van der Waals surface area contributed by atoms with Crippen LogP contribution in [0.4, 0.5) is 43.9 Å². The number of nitrogens with zero attached hydrogens (tertiary/aromatic N) is 6. The van der Waals surface area contributed by atoms with Gasteiger partial charge in [-0.15, -0.1) is 23.5 Å². The molecule has 12 rings (SSSR count). The molecule has 4 heterocycles. The summed E-state index contributed by atoms with van der Waals surface area (Å²) in [5, 5.41) is -1.83. The van der Waals surface area contributed by atoms with Crippen molar-refractivity contribution in [2.75, 3.05) is 66.4 Å². The van der Waals surface area contributed by atoms with Gasteiger partial charge >= 0.3 is 12.4 Å².